The number of anilines is 2. The number of nitrogens with zero attached hydrogens (tertiary/aromatic N) is 2. The predicted octanol–water partition coefficient (Wildman–Crippen LogP) is 4.82. The van der Waals surface area contributed by atoms with Gasteiger partial charge in [0.05, 0.1) is 25.2 Å². The molecule has 0 saturated carbocycles. The zero-order chi connectivity index (χ0) is 24.7. The highest BCUT2D eigenvalue weighted by Gasteiger charge is 2.37. The van der Waals surface area contributed by atoms with Crippen LogP contribution in [0.5, 0.6) is 5.75 Å². The molecule has 0 aromatic heterocycles. The molecule has 9 heteroatoms. The van der Waals surface area contributed by atoms with E-state index in [1.54, 1.807) is 27.1 Å². The lowest BCUT2D eigenvalue weighted by Gasteiger charge is -2.29. The van der Waals surface area contributed by atoms with Crippen LogP contribution in [0.25, 0.3) is 0 Å². The third kappa shape index (κ3) is 5.87. The molecule has 7 nitrogen and oxygen atoms in total. The molecular formula is C25H34N2O5S2. The molecule has 2 aromatic rings. The summed E-state index contributed by atoms with van der Waals surface area (Å²) in [6.45, 7) is 4.76. The van der Waals surface area contributed by atoms with Crippen molar-refractivity contribution in [3.05, 3.63) is 48.0 Å². The fraction of sp³-hybridized carbons (Fsp3) is 0.480. The topological polar surface area (TPSA) is 76.1 Å². The van der Waals surface area contributed by atoms with Crippen LogP contribution in [0, 0.1) is 0 Å². The Morgan fingerprint density at radius 3 is 2.56 bits per heavy atom. The Morgan fingerprint density at radius 1 is 1.18 bits per heavy atom. The molecule has 0 radical (unpaired) electrons. The summed E-state index contributed by atoms with van der Waals surface area (Å²) in [4.78, 5) is 14.1. The molecule has 186 valence electrons. The van der Waals surface area contributed by atoms with Crippen LogP contribution in [0.15, 0.2) is 47.4 Å². The summed E-state index contributed by atoms with van der Waals surface area (Å²) >= 11 is 1.37. The highest BCUT2D eigenvalue weighted by molar-refractivity contribution is 7.99. The molecule has 1 atom stereocenters. The number of fused-ring (bicyclic) bond motifs is 1. The molecule has 0 aliphatic carbocycles. The Labute approximate surface area is 207 Å². The van der Waals surface area contributed by atoms with Crippen LogP contribution in [0.2, 0.25) is 0 Å². The summed E-state index contributed by atoms with van der Waals surface area (Å²) in [5.41, 5.74) is 2.27. The number of carbonyl (C=O) groups is 1. The van der Waals surface area contributed by atoms with E-state index in [1.807, 2.05) is 36.4 Å². The number of rotatable bonds is 10. The van der Waals surface area contributed by atoms with Crippen LogP contribution in [0.3, 0.4) is 0 Å². The number of unbranched alkanes of at least 4 members (excludes halogenated alkanes) is 1. The Balaban J connectivity index is 2.08. The van der Waals surface area contributed by atoms with Gasteiger partial charge >= 0.3 is 5.97 Å². The van der Waals surface area contributed by atoms with E-state index in [4.69, 9.17) is 9.47 Å². The van der Waals surface area contributed by atoms with Crippen LogP contribution in [0.4, 0.5) is 11.4 Å². The minimum Gasteiger partial charge on any atom is -0.496 e. The molecule has 0 bridgehead atoms. The molecule has 1 unspecified atom stereocenters. The molecule has 0 N–H and O–H groups in total. The number of esters is 1. The van der Waals surface area contributed by atoms with E-state index >= 15 is 0 Å². The number of hydrogen-bond acceptors (Lipinski definition) is 7. The lowest BCUT2D eigenvalue weighted by molar-refractivity contribution is -0.139. The van der Waals surface area contributed by atoms with E-state index in [9.17, 15) is 13.2 Å². The van der Waals surface area contributed by atoms with Crippen LogP contribution < -0.4 is 9.64 Å². The van der Waals surface area contributed by atoms with Gasteiger partial charge < -0.3 is 14.4 Å². The molecule has 1 aliphatic heterocycles. The zero-order valence-corrected chi connectivity index (χ0v) is 22.0. The standard InChI is InChI=1S/C25H34N2O5S2/c1-5-7-11-21-16-27(20-12-9-8-10-13-20)22-15-23(31-4)19(17-33-18-25(28)32-6-2)14-24(22)34(29,30)26(21)3/h8-10,12-15,21H,5-7,11,16-18H2,1-4H3. The highest BCUT2D eigenvalue weighted by atomic mass is 32.2. The predicted molar refractivity (Wildman–Crippen MR) is 137 cm³/mol. The van der Waals surface area contributed by atoms with Crippen molar-refractivity contribution in [2.45, 2.75) is 49.8 Å². The van der Waals surface area contributed by atoms with Crippen LogP contribution >= 0.6 is 11.8 Å². The van der Waals surface area contributed by atoms with E-state index in [-0.39, 0.29) is 22.7 Å². The lowest BCUT2D eigenvalue weighted by atomic mass is 10.1. The quantitative estimate of drug-likeness (QED) is 0.428. The molecule has 3 rings (SSSR count). The first-order valence-electron chi connectivity index (χ1n) is 11.6. The third-order valence-electron chi connectivity index (χ3n) is 5.96. The van der Waals surface area contributed by atoms with Gasteiger partial charge in [0, 0.05) is 42.7 Å². The van der Waals surface area contributed by atoms with Crippen molar-refractivity contribution in [3.8, 4) is 5.75 Å². The second kappa shape index (κ2) is 12.0. The van der Waals surface area contributed by atoms with Crippen LogP contribution in [0.1, 0.15) is 38.7 Å². The van der Waals surface area contributed by atoms with Gasteiger partial charge in [0.25, 0.3) is 0 Å². The van der Waals surface area contributed by atoms with Crippen molar-refractivity contribution in [1.82, 2.24) is 4.31 Å². The van der Waals surface area contributed by atoms with Gasteiger partial charge in [-0.05, 0) is 31.5 Å². The van der Waals surface area contributed by atoms with Crippen molar-refractivity contribution in [2.75, 3.05) is 38.0 Å². The van der Waals surface area contributed by atoms with E-state index < -0.39 is 10.0 Å². The zero-order valence-electron chi connectivity index (χ0n) is 20.3. The average Bonchev–Trinajstić information content (AvgIpc) is 2.91. The van der Waals surface area contributed by atoms with E-state index in [0.717, 1.165) is 30.5 Å². The molecular weight excluding hydrogens is 472 g/mol. The summed E-state index contributed by atoms with van der Waals surface area (Å²) in [7, 11) is -0.487. The highest BCUT2D eigenvalue weighted by Crippen LogP contribution is 2.42. The van der Waals surface area contributed by atoms with Gasteiger partial charge in [-0.15, -0.1) is 11.8 Å². The van der Waals surface area contributed by atoms with Crippen LogP contribution in [-0.4, -0.2) is 57.8 Å². The number of benzene rings is 2. The molecule has 0 amide bonds. The smallest absolute Gasteiger partial charge is 0.315 e. The maximum atomic E-state index is 13.8. The molecule has 0 saturated heterocycles. The number of hydrogen-bond donors (Lipinski definition) is 0. The number of carbonyl (C=O) groups excluding carboxylic acids is 1. The molecule has 2 aromatic carbocycles. The average molecular weight is 507 g/mol. The van der Waals surface area contributed by atoms with E-state index in [1.165, 1.54) is 16.1 Å². The third-order valence-corrected chi connectivity index (χ3v) is 8.85. The number of likely N-dealkylation sites (N-methyl/N-ethyl adjacent to an activating group) is 1. The first-order chi connectivity index (χ1) is 16.3. The summed E-state index contributed by atoms with van der Waals surface area (Å²) in [6.07, 6.45) is 2.73. The maximum Gasteiger partial charge on any atom is 0.315 e. The minimum atomic E-state index is -3.74. The lowest BCUT2D eigenvalue weighted by Crippen LogP contribution is -2.40. The monoisotopic (exact) mass is 506 g/mol. The summed E-state index contributed by atoms with van der Waals surface area (Å²) < 4.78 is 39.7. The first kappa shape index (κ1) is 26.4. The van der Waals surface area contributed by atoms with Gasteiger partial charge in [0.1, 0.15) is 10.6 Å². The number of sulfonamides is 1. The first-order valence-corrected chi connectivity index (χ1v) is 14.2. The Bertz CT molecular complexity index is 1080. The maximum absolute atomic E-state index is 13.8. The molecule has 34 heavy (non-hydrogen) atoms. The fourth-order valence-electron chi connectivity index (χ4n) is 4.10. The molecule has 1 aliphatic rings. The fourth-order valence-corrected chi connectivity index (χ4v) is 6.50. The van der Waals surface area contributed by atoms with Gasteiger partial charge in [-0.3, -0.25) is 4.79 Å². The molecule has 0 fully saturated rings. The largest absolute Gasteiger partial charge is 0.496 e. The normalized spacial score (nSPS) is 17.6. The molecule has 1 heterocycles. The Morgan fingerprint density at radius 2 is 1.91 bits per heavy atom. The number of methoxy groups -OCH3 is 1. The number of para-hydroxylation sites is 1. The Kier molecular flexibility index (Phi) is 9.27. The van der Waals surface area contributed by atoms with Crippen LogP contribution in [-0.2, 0) is 25.3 Å². The second-order valence-electron chi connectivity index (χ2n) is 8.19. The molecule has 0 spiro atoms. The van der Waals surface area contributed by atoms with Gasteiger partial charge in [-0.25, -0.2) is 8.42 Å². The van der Waals surface area contributed by atoms with E-state index in [2.05, 4.69) is 11.8 Å². The summed E-state index contributed by atoms with van der Waals surface area (Å²) in [5.74, 6) is 0.929. The van der Waals surface area contributed by atoms with Gasteiger partial charge in [-0.2, -0.15) is 4.31 Å². The van der Waals surface area contributed by atoms with Crippen molar-refractivity contribution in [3.63, 3.8) is 0 Å². The summed E-state index contributed by atoms with van der Waals surface area (Å²) in [5, 5.41) is 0. The van der Waals surface area contributed by atoms with Gasteiger partial charge in [0.15, 0.2) is 0 Å². The van der Waals surface area contributed by atoms with E-state index in [0.29, 0.717) is 30.3 Å². The second-order valence-corrected chi connectivity index (χ2v) is 11.1. The van der Waals surface area contributed by atoms with Crippen molar-refractivity contribution >= 4 is 39.1 Å². The minimum absolute atomic E-state index is 0.162. The summed E-state index contributed by atoms with van der Waals surface area (Å²) in [6, 6.07) is 13.2. The number of thioether (sulfide) groups is 1. The number of ether oxygens (including phenoxy) is 2. The van der Waals surface area contributed by atoms with Crippen molar-refractivity contribution in [1.29, 1.82) is 0 Å². The van der Waals surface area contributed by atoms with Crippen molar-refractivity contribution < 1.29 is 22.7 Å². The SMILES string of the molecule is CCCCC1CN(c2ccccc2)c2cc(OC)c(CSCC(=O)OCC)cc2S(=O)(=O)N1C. The Hall–Kier alpha value is -2.23. The van der Waals surface area contributed by atoms with Crippen molar-refractivity contribution in [2.24, 2.45) is 0 Å². The van der Waals surface area contributed by atoms with Gasteiger partial charge in [0.2, 0.25) is 10.0 Å². The van der Waals surface area contributed by atoms with Gasteiger partial charge in [-0.1, -0.05) is 38.0 Å².